The molecule has 0 spiro atoms. The lowest BCUT2D eigenvalue weighted by Gasteiger charge is -2.21. The van der Waals surface area contributed by atoms with Gasteiger partial charge in [-0.15, -0.1) is 0 Å². The Morgan fingerprint density at radius 1 is 0.304 bits per heavy atom. The van der Waals surface area contributed by atoms with Crippen LogP contribution in [-0.2, 0) is 65.4 Å². The smallest absolute Gasteiger partial charge is 0.462 e. The standard InChI is InChI=1S/C73H142O17P2/c1-9-65(7)51-43-35-27-21-15-13-11-12-14-16-22-29-39-47-55-72(77)90-69(60-84-71(76)54-46-38-32-31-36-44-52-66(8)10-2)62-88-92(81,82)86-58-67(74)57-85-91(79,80)87-61-68(89-73(78)56-48-40-30-24-18-20-26-34-42-50-64(5)6)59-83-70(75)53-45-37-28-23-17-19-25-33-41-49-63(3)4/h63-69,74H,9-62H2,1-8H3,(H,79,80)(H,81,82)/t65?,66?,67-,68-,69-/m1/s1. The first kappa shape index (κ1) is 90.1. The topological polar surface area (TPSA) is 237 Å². The summed E-state index contributed by atoms with van der Waals surface area (Å²) in [4.78, 5) is 72.7. The number of aliphatic hydroxyl groups is 1. The van der Waals surface area contributed by atoms with Crippen molar-refractivity contribution in [2.45, 2.75) is 382 Å². The number of phosphoric ester groups is 2. The average Bonchev–Trinajstić information content (AvgIpc) is 3.72. The van der Waals surface area contributed by atoms with Gasteiger partial charge in [0.25, 0.3) is 0 Å². The predicted octanol–water partition coefficient (Wildman–Crippen LogP) is 20.9. The van der Waals surface area contributed by atoms with Crippen LogP contribution in [0.15, 0.2) is 0 Å². The fraction of sp³-hybridized carbons (Fsp3) is 0.945. The maximum Gasteiger partial charge on any atom is 0.472 e. The van der Waals surface area contributed by atoms with Crippen LogP contribution in [0.5, 0.6) is 0 Å². The van der Waals surface area contributed by atoms with E-state index in [0.29, 0.717) is 25.7 Å². The van der Waals surface area contributed by atoms with Crippen LogP contribution in [0, 0.1) is 23.7 Å². The number of esters is 4. The average molecular weight is 1350 g/mol. The first-order valence-corrected chi connectivity index (χ1v) is 40.8. The fourth-order valence-electron chi connectivity index (χ4n) is 11.0. The first-order chi connectivity index (χ1) is 44.2. The molecule has 0 heterocycles. The van der Waals surface area contributed by atoms with Crippen molar-refractivity contribution < 1.29 is 80.2 Å². The van der Waals surface area contributed by atoms with Gasteiger partial charge >= 0.3 is 39.5 Å². The number of carbonyl (C=O) groups is 4. The number of phosphoric acid groups is 2. The molecule has 3 N–H and O–H groups in total. The molecule has 17 nitrogen and oxygen atoms in total. The minimum Gasteiger partial charge on any atom is -0.462 e. The minimum absolute atomic E-state index is 0.104. The van der Waals surface area contributed by atoms with Crippen molar-refractivity contribution in [1.82, 2.24) is 0 Å². The van der Waals surface area contributed by atoms with E-state index in [1.807, 2.05) is 0 Å². The highest BCUT2D eigenvalue weighted by Gasteiger charge is 2.30. The number of hydrogen-bond acceptors (Lipinski definition) is 15. The van der Waals surface area contributed by atoms with Crippen LogP contribution >= 0.6 is 15.6 Å². The highest BCUT2D eigenvalue weighted by atomic mass is 31.2. The quantitative estimate of drug-likeness (QED) is 0.0222. The molecule has 92 heavy (non-hydrogen) atoms. The molecule has 7 atom stereocenters. The molecule has 0 aromatic rings. The largest absolute Gasteiger partial charge is 0.472 e. The molecule has 0 amide bonds. The molecule has 0 fully saturated rings. The second kappa shape index (κ2) is 62.6. The zero-order valence-electron chi connectivity index (χ0n) is 60.2. The zero-order chi connectivity index (χ0) is 68.2. The highest BCUT2D eigenvalue weighted by Crippen LogP contribution is 2.45. The lowest BCUT2D eigenvalue weighted by molar-refractivity contribution is -0.161. The summed E-state index contributed by atoms with van der Waals surface area (Å²) in [5.41, 5.74) is 0. The van der Waals surface area contributed by atoms with E-state index in [4.69, 9.17) is 37.0 Å². The Labute approximate surface area is 562 Å². The fourth-order valence-corrected chi connectivity index (χ4v) is 12.5. The van der Waals surface area contributed by atoms with Crippen LogP contribution in [0.2, 0.25) is 0 Å². The second-order valence-electron chi connectivity index (χ2n) is 27.8. The van der Waals surface area contributed by atoms with Crippen molar-refractivity contribution in [1.29, 1.82) is 0 Å². The molecule has 0 bridgehead atoms. The summed E-state index contributed by atoms with van der Waals surface area (Å²) in [5, 5.41) is 10.6. The molecule has 0 aromatic heterocycles. The summed E-state index contributed by atoms with van der Waals surface area (Å²) < 4.78 is 68.4. The maximum atomic E-state index is 13.0. The summed E-state index contributed by atoms with van der Waals surface area (Å²) in [6.45, 7) is 14.1. The molecular formula is C73H142O17P2. The normalized spacial score (nSPS) is 14.8. The monoisotopic (exact) mass is 1350 g/mol. The lowest BCUT2D eigenvalue weighted by Crippen LogP contribution is -2.30. The van der Waals surface area contributed by atoms with Crippen LogP contribution in [-0.4, -0.2) is 96.7 Å². The van der Waals surface area contributed by atoms with Crippen molar-refractivity contribution in [2.75, 3.05) is 39.6 Å². The number of carbonyl (C=O) groups excluding carboxylic acids is 4. The summed E-state index contributed by atoms with van der Waals surface area (Å²) in [7, 11) is -9.91. The molecule has 0 aliphatic carbocycles. The van der Waals surface area contributed by atoms with Crippen LogP contribution in [0.1, 0.15) is 364 Å². The minimum atomic E-state index is -4.95. The third kappa shape index (κ3) is 64.1. The molecule has 0 aliphatic rings. The molecule has 0 radical (unpaired) electrons. The van der Waals surface area contributed by atoms with Gasteiger partial charge in [-0.3, -0.25) is 37.3 Å². The summed E-state index contributed by atoms with van der Waals surface area (Å²) >= 11 is 0. The molecule has 546 valence electrons. The summed E-state index contributed by atoms with van der Waals surface area (Å²) in [6.07, 6.45) is 45.8. The number of aliphatic hydroxyl groups excluding tert-OH is 1. The van der Waals surface area contributed by atoms with Crippen molar-refractivity contribution >= 4 is 39.5 Å². The molecule has 19 heteroatoms. The van der Waals surface area contributed by atoms with Gasteiger partial charge in [0.1, 0.15) is 19.3 Å². The Bertz CT molecular complexity index is 1820. The van der Waals surface area contributed by atoms with Gasteiger partial charge in [0.15, 0.2) is 12.2 Å². The van der Waals surface area contributed by atoms with E-state index in [-0.39, 0.29) is 25.7 Å². The third-order valence-corrected chi connectivity index (χ3v) is 19.4. The van der Waals surface area contributed by atoms with Gasteiger partial charge in [-0.25, -0.2) is 9.13 Å². The Morgan fingerprint density at radius 2 is 0.522 bits per heavy atom. The Balaban J connectivity index is 5.24. The first-order valence-electron chi connectivity index (χ1n) is 37.8. The van der Waals surface area contributed by atoms with Gasteiger partial charge in [0.2, 0.25) is 0 Å². The molecular weight excluding hydrogens is 1210 g/mol. The Hall–Kier alpha value is -1.94. The van der Waals surface area contributed by atoms with Gasteiger partial charge in [0.05, 0.1) is 26.4 Å². The van der Waals surface area contributed by atoms with E-state index in [0.717, 1.165) is 120 Å². The van der Waals surface area contributed by atoms with E-state index in [9.17, 15) is 43.2 Å². The van der Waals surface area contributed by atoms with Crippen molar-refractivity contribution in [2.24, 2.45) is 23.7 Å². The summed E-state index contributed by atoms with van der Waals surface area (Å²) in [6, 6.07) is 0. The van der Waals surface area contributed by atoms with E-state index in [2.05, 4.69) is 55.4 Å². The SMILES string of the molecule is CCC(C)CCCCCCCCCCCCCCCCC(=O)O[C@H](COC(=O)CCCCCCCCC(C)CC)COP(=O)(O)OC[C@H](O)COP(=O)(O)OC[C@@H](COC(=O)CCCCCCCCCCCC(C)C)OC(=O)CCCCCCCCCCCC(C)C. The zero-order valence-corrected chi connectivity index (χ0v) is 62.0. The van der Waals surface area contributed by atoms with Crippen molar-refractivity contribution in [3.8, 4) is 0 Å². The molecule has 0 rings (SSSR count). The molecule has 0 aliphatic heterocycles. The summed E-state index contributed by atoms with van der Waals surface area (Å²) in [5.74, 6) is 0.930. The highest BCUT2D eigenvalue weighted by molar-refractivity contribution is 7.47. The number of ether oxygens (including phenoxy) is 4. The van der Waals surface area contributed by atoms with Gasteiger partial charge < -0.3 is 33.8 Å². The molecule has 0 saturated heterocycles. The van der Waals surface area contributed by atoms with E-state index >= 15 is 0 Å². The van der Waals surface area contributed by atoms with E-state index in [1.165, 1.54) is 161 Å². The van der Waals surface area contributed by atoms with E-state index in [1.54, 1.807) is 0 Å². The van der Waals surface area contributed by atoms with Crippen molar-refractivity contribution in [3.63, 3.8) is 0 Å². The molecule has 4 unspecified atom stereocenters. The van der Waals surface area contributed by atoms with Crippen LogP contribution in [0.25, 0.3) is 0 Å². The maximum absolute atomic E-state index is 13.0. The predicted molar refractivity (Wildman–Crippen MR) is 372 cm³/mol. The molecule has 0 saturated carbocycles. The van der Waals surface area contributed by atoms with E-state index < -0.39 is 97.5 Å². The van der Waals surface area contributed by atoms with Crippen molar-refractivity contribution in [3.05, 3.63) is 0 Å². The molecule has 0 aromatic carbocycles. The Morgan fingerprint density at radius 3 is 0.772 bits per heavy atom. The number of rotatable bonds is 70. The van der Waals surface area contributed by atoms with Gasteiger partial charge in [-0.2, -0.15) is 0 Å². The lowest BCUT2D eigenvalue weighted by atomic mass is 9.99. The van der Waals surface area contributed by atoms with Crippen LogP contribution < -0.4 is 0 Å². The van der Waals surface area contributed by atoms with Gasteiger partial charge in [-0.05, 0) is 49.4 Å². The van der Waals surface area contributed by atoms with Gasteiger partial charge in [-0.1, -0.05) is 312 Å². The van der Waals surface area contributed by atoms with Crippen LogP contribution in [0.4, 0.5) is 0 Å². The Kier molecular flexibility index (Phi) is 61.3. The van der Waals surface area contributed by atoms with Gasteiger partial charge in [0, 0.05) is 25.7 Å². The number of hydrogen-bond donors (Lipinski definition) is 3. The second-order valence-corrected chi connectivity index (χ2v) is 30.7. The van der Waals surface area contributed by atoms with Crippen LogP contribution in [0.3, 0.4) is 0 Å². The number of unbranched alkanes of at least 4 members (excludes halogenated alkanes) is 34. The third-order valence-electron chi connectivity index (χ3n) is 17.5.